The fourth-order valence-electron chi connectivity index (χ4n) is 3.70. The highest BCUT2D eigenvalue weighted by Gasteiger charge is 2.12. The van der Waals surface area contributed by atoms with Crippen LogP contribution in [0.2, 0.25) is 0 Å². The molecule has 0 nitrogen and oxygen atoms in total. The van der Waals surface area contributed by atoms with Crippen LogP contribution in [0.4, 0.5) is 0 Å². The van der Waals surface area contributed by atoms with Gasteiger partial charge in [0.2, 0.25) is 0 Å². The molecule has 0 spiro atoms. The Morgan fingerprint density at radius 3 is 2.14 bits per heavy atom. The fourth-order valence-corrected chi connectivity index (χ4v) is 3.70. The minimum Gasteiger partial charge on any atom is -0.0984 e. The van der Waals surface area contributed by atoms with E-state index in [0.717, 1.165) is 5.22 Å². The van der Waals surface area contributed by atoms with E-state index in [9.17, 15) is 0 Å². The molecule has 0 aromatic heterocycles. The van der Waals surface area contributed by atoms with Crippen LogP contribution in [0.5, 0.6) is 0 Å². The summed E-state index contributed by atoms with van der Waals surface area (Å²) in [5.74, 6) is 0. The van der Waals surface area contributed by atoms with Gasteiger partial charge in [0.1, 0.15) is 0 Å². The minimum atomic E-state index is 1.11. The lowest BCUT2D eigenvalue weighted by molar-refractivity contribution is 1.48. The standard InChI is InChI=1S/C22H18/c1-5-16-13(2)10-12-20-19-8-6-7-17-14(3)9-11-18(22(17)19)15(4)21(16)20/h5-12H,1,4H2,2-3H3. The Hall–Kier alpha value is -2.60. The van der Waals surface area contributed by atoms with Gasteiger partial charge in [-0.3, -0.25) is 0 Å². The van der Waals surface area contributed by atoms with E-state index in [1.165, 1.54) is 49.0 Å². The quantitative estimate of drug-likeness (QED) is 0.318. The molecule has 106 valence electrons. The van der Waals surface area contributed by atoms with E-state index in [0.29, 0.717) is 0 Å². The van der Waals surface area contributed by atoms with Crippen molar-refractivity contribution in [3.8, 4) is 0 Å². The monoisotopic (exact) mass is 282 g/mol. The van der Waals surface area contributed by atoms with E-state index in [1.807, 2.05) is 6.08 Å². The summed E-state index contributed by atoms with van der Waals surface area (Å²) in [5, 5.41) is 8.82. The second-order valence-corrected chi connectivity index (χ2v) is 6.06. The van der Waals surface area contributed by atoms with E-state index in [2.05, 4.69) is 69.5 Å². The largest absolute Gasteiger partial charge is 0.0984 e. The molecule has 0 unspecified atom stereocenters. The number of hydrogen-bond donors (Lipinski definition) is 0. The molecule has 0 fully saturated rings. The molecule has 0 aliphatic carbocycles. The van der Waals surface area contributed by atoms with Gasteiger partial charge in [0.25, 0.3) is 0 Å². The summed E-state index contributed by atoms with van der Waals surface area (Å²) in [5.41, 5.74) is 3.76. The van der Waals surface area contributed by atoms with Crippen molar-refractivity contribution in [2.24, 2.45) is 0 Å². The third kappa shape index (κ3) is 1.52. The summed E-state index contributed by atoms with van der Waals surface area (Å²) in [7, 11) is 0. The van der Waals surface area contributed by atoms with Gasteiger partial charge in [-0.2, -0.15) is 0 Å². The topological polar surface area (TPSA) is 0 Å². The first-order chi connectivity index (χ1) is 10.6. The van der Waals surface area contributed by atoms with Crippen molar-refractivity contribution >= 4 is 45.0 Å². The van der Waals surface area contributed by atoms with Crippen molar-refractivity contribution in [1.82, 2.24) is 0 Å². The van der Waals surface area contributed by atoms with Gasteiger partial charge >= 0.3 is 0 Å². The average Bonchev–Trinajstić information content (AvgIpc) is 2.53. The first-order valence-electron chi connectivity index (χ1n) is 7.62. The Labute approximate surface area is 130 Å². The van der Waals surface area contributed by atoms with Crippen molar-refractivity contribution in [2.45, 2.75) is 13.8 Å². The molecule has 0 radical (unpaired) electrons. The summed E-state index contributed by atoms with van der Waals surface area (Å²) in [4.78, 5) is 0. The van der Waals surface area contributed by atoms with Crippen molar-refractivity contribution < 1.29 is 0 Å². The van der Waals surface area contributed by atoms with E-state index in [4.69, 9.17) is 0 Å². The van der Waals surface area contributed by atoms with Crippen molar-refractivity contribution in [3.05, 3.63) is 71.0 Å². The molecule has 0 atom stereocenters. The summed E-state index contributed by atoms with van der Waals surface area (Å²) in [6.07, 6.45) is 1.96. The number of benzene rings is 4. The third-order valence-electron chi connectivity index (χ3n) is 4.84. The second-order valence-electron chi connectivity index (χ2n) is 6.06. The number of hydrogen-bond acceptors (Lipinski definition) is 0. The van der Waals surface area contributed by atoms with Crippen LogP contribution in [-0.2, 0) is 0 Å². The predicted molar refractivity (Wildman–Crippen MR) is 99.3 cm³/mol. The highest BCUT2D eigenvalue weighted by atomic mass is 14.2. The lowest BCUT2D eigenvalue weighted by atomic mass is 9.89. The lowest BCUT2D eigenvalue weighted by Crippen LogP contribution is -2.06. The summed E-state index contributed by atoms with van der Waals surface area (Å²) < 4.78 is 0. The zero-order chi connectivity index (χ0) is 15.4. The molecular formula is C22H18. The van der Waals surface area contributed by atoms with Crippen LogP contribution in [0.15, 0.2) is 49.0 Å². The van der Waals surface area contributed by atoms with Crippen molar-refractivity contribution in [3.63, 3.8) is 0 Å². The predicted octanol–water partition coefficient (Wildman–Crippen LogP) is 5.54. The number of aryl methyl sites for hydroxylation is 2. The summed E-state index contributed by atoms with van der Waals surface area (Å²) in [6, 6.07) is 15.4. The molecule has 0 heteroatoms. The van der Waals surface area contributed by atoms with E-state index in [-0.39, 0.29) is 0 Å². The van der Waals surface area contributed by atoms with Gasteiger partial charge in [-0.1, -0.05) is 61.7 Å². The number of rotatable bonds is 1. The van der Waals surface area contributed by atoms with Gasteiger partial charge in [-0.25, -0.2) is 0 Å². The normalized spacial score (nSPS) is 11.5. The SMILES string of the molecule is C=Cc1c(C)ccc2c1c(=C)c1ccc(C)c3cccc2c31. The molecule has 4 aromatic carbocycles. The summed E-state index contributed by atoms with van der Waals surface area (Å²) >= 11 is 0. The first kappa shape index (κ1) is 13.1. The highest BCUT2D eigenvalue weighted by molar-refractivity contribution is 6.23. The van der Waals surface area contributed by atoms with Crippen LogP contribution < -0.4 is 5.22 Å². The smallest absolute Gasteiger partial charge is 0.00239 e. The van der Waals surface area contributed by atoms with Gasteiger partial charge in [-0.05, 0) is 68.1 Å². The molecular weight excluding hydrogens is 264 g/mol. The van der Waals surface area contributed by atoms with Crippen LogP contribution in [-0.4, -0.2) is 0 Å². The Bertz CT molecular complexity index is 1110. The highest BCUT2D eigenvalue weighted by Crippen LogP contribution is 2.34. The Morgan fingerprint density at radius 2 is 1.36 bits per heavy atom. The van der Waals surface area contributed by atoms with E-state index >= 15 is 0 Å². The van der Waals surface area contributed by atoms with Gasteiger partial charge in [-0.15, -0.1) is 0 Å². The molecule has 0 heterocycles. The van der Waals surface area contributed by atoms with Gasteiger partial charge < -0.3 is 0 Å². The maximum atomic E-state index is 4.41. The summed E-state index contributed by atoms with van der Waals surface area (Å²) in [6.45, 7) is 12.7. The van der Waals surface area contributed by atoms with Crippen LogP contribution in [0.1, 0.15) is 16.7 Å². The third-order valence-corrected chi connectivity index (χ3v) is 4.84. The Morgan fingerprint density at radius 1 is 0.727 bits per heavy atom. The molecule has 4 rings (SSSR count). The molecule has 0 aliphatic heterocycles. The van der Waals surface area contributed by atoms with Crippen LogP contribution >= 0.6 is 0 Å². The fraction of sp³-hybridized carbons (Fsp3) is 0.0909. The molecule has 0 saturated carbocycles. The van der Waals surface area contributed by atoms with Gasteiger partial charge in [0.05, 0.1) is 0 Å². The zero-order valence-corrected chi connectivity index (χ0v) is 13.0. The molecule has 0 bridgehead atoms. The average molecular weight is 282 g/mol. The zero-order valence-electron chi connectivity index (χ0n) is 13.0. The minimum absolute atomic E-state index is 1.11. The molecule has 0 aliphatic rings. The van der Waals surface area contributed by atoms with Gasteiger partial charge in [0.15, 0.2) is 0 Å². The molecule has 4 aromatic rings. The van der Waals surface area contributed by atoms with Crippen LogP contribution in [0.3, 0.4) is 0 Å². The van der Waals surface area contributed by atoms with E-state index in [1.54, 1.807) is 0 Å². The molecule has 0 amide bonds. The lowest BCUT2D eigenvalue weighted by Gasteiger charge is -2.15. The molecule has 0 saturated heterocycles. The Kier molecular flexibility index (Phi) is 2.65. The molecule has 22 heavy (non-hydrogen) atoms. The van der Waals surface area contributed by atoms with E-state index < -0.39 is 0 Å². The maximum absolute atomic E-state index is 4.41. The van der Waals surface area contributed by atoms with Gasteiger partial charge in [0, 0.05) is 0 Å². The molecule has 0 N–H and O–H groups in total. The second kappa shape index (κ2) is 4.45. The first-order valence-corrected chi connectivity index (χ1v) is 7.62. The van der Waals surface area contributed by atoms with Crippen molar-refractivity contribution in [1.29, 1.82) is 0 Å². The maximum Gasteiger partial charge on any atom is -0.00239 e. The van der Waals surface area contributed by atoms with Crippen LogP contribution in [0.25, 0.3) is 45.0 Å². The van der Waals surface area contributed by atoms with Crippen molar-refractivity contribution in [2.75, 3.05) is 0 Å². The number of fused-ring (bicyclic) bond motifs is 2. The Balaban J connectivity index is 2.47. The van der Waals surface area contributed by atoms with Crippen LogP contribution in [0, 0.1) is 13.8 Å².